The van der Waals surface area contributed by atoms with Gasteiger partial charge in [-0.15, -0.1) is 0 Å². The van der Waals surface area contributed by atoms with E-state index in [1.165, 1.54) is 40.7 Å². The molecular formula is C34H39N2O17S5+. The molecule has 0 aliphatic carbocycles. The van der Waals surface area contributed by atoms with Gasteiger partial charge in [0, 0.05) is 36.5 Å². The number of nitrogens with zero attached hydrogens (tertiary/aromatic N) is 2. The summed E-state index contributed by atoms with van der Waals surface area (Å²) in [7, 11) is -23.6. The molecule has 0 amide bonds. The second kappa shape index (κ2) is 15.2. The van der Waals surface area contributed by atoms with E-state index in [1.807, 2.05) is 0 Å². The minimum Gasteiger partial charge on any atom is -0.478 e. The maximum absolute atomic E-state index is 12.7. The zero-order valence-electron chi connectivity index (χ0n) is 30.8. The van der Waals surface area contributed by atoms with Gasteiger partial charge in [-0.1, -0.05) is 18.2 Å². The van der Waals surface area contributed by atoms with E-state index >= 15 is 0 Å². The molecule has 316 valence electrons. The number of carboxylic acid groups (broad SMARTS) is 1. The number of benzene rings is 3. The van der Waals surface area contributed by atoms with Gasteiger partial charge in [-0.3, -0.25) is 22.8 Å². The summed E-state index contributed by atoms with van der Waals surface area (Å²) in [4.78, 5) is 12.7. The largest absolute Gasteiger partial charge is 0.478 e. The fourth-order valence-corrected chi connectivity index (χ4v) is 10.8. The predicted octanol–water partition coefficient (Wildman–Crippen LogP) is 3.07. The fourth-order valence-electron chi connectivity index (χ4n) is 7.80. The lowest BCUT2D eigenvalue weighted by Gasteiger charge is -2.29. The lowest BCUT2D eigenvalue weighted by atomic mass is 9.78. The molecule has 0 spiro atoms. The smallest absolute Gasteiger partial charge is 0.336 e. The van der Waals surface area contributed by atoms with Gasteiger partial charge in [0.25, 0.3) is 50.6 Å². The fraction of sp³-hybridized carbons (Fsp3) is 0.353. The molecule has 0 saturated carbocycles. The summed E-state index contributed by atoms with van der Waals surface area (Å²) in [6, 6.07) is 8.48. The Bertz CT molecular complexity index is 2920. The minimum atomic E-state index is -4.97. The monoisotopic (exact) mass is 907 g/mol. The first kappa shape index (κ1) is 45.0. The number of carboxylic acids is 1. The molecule has 58 heavy (non-hydrogen) atoms. The van der Waals surface area contributed by atoms with Crippen LogP contribution in [-0.2, 0) is 61.4 Å². The van der Waals surface area contributed by atoms with Crippen LogP contribution in [0.2, 0.25) is 0 Å². The zero-order valence-corrected chi connectivity index (χ0v) is 34.9. The van der Waals surface area contributed by atoms with E-state index in [-0.39, 0.29) is 65.2 Å². The Morgan fingerprint density at radius 3 is 1.88 bits per heavy atom. The van der Waals surface area contributed by atoms with E-state index in [2.05, 4.69) is 0 Å². The SMILES string of the molecule is CC1(C)C(/C=C/C=C2/N(CCCS(=O)(=O)O)c3ccc4ccc(S(=O)(=O)O)cc4c3C2(C)CS(=O)(=O)O)=[N+](CCCS(=O)(=O)O)c2cc(S(=O)(=O)O)cc(C(=O)O)c21. The Morgan fingerprint density at radius 1 is 0.741 bits per heavy atom. The van der Waals surface area contributed by atoms with Crippen molar-refractivity contribution in [2.45, 2.75) is 54.2 Å². The normalized spacial score (nSPS) is 19.4. The first-order chi connectivity index (χ1) is 26.3. The topological polar surface area (TPSA) is 315 Å². The van der Waals surface area contributed by atoms with Crippen LogP contribution in [0.5, 0.6) is 0 Å². The molecule has 3 aromatic carbocycles. The van der Waals surface area contributed by atoms with Gasteiger partial charge >= 0.3 is 5.97 Å². The van der Waals surface area contributed by atoms with Gasteiger partial charge in [0.15, 0.2) is 5.71 Å². The molecule has 0 fully saturated rings. The molecule has 3 aromatic rings. The van der Waals surface area contributed by atoms with Crippen LogP contribution in [0.15, 0.2) is 76.2 Å². The average Bonchev–Trinajstić information content (AvgIpc) is 3.40. The lowest BCUT2D eigenvalue weighted by molar-refractivity contribution is -0.437. The van der Waals surface area contributed by atoms with E-state index in [0.29, 0.717) is 5.39 Å². The highest BCUT2D eigenvalue weighted by Gasteiger charge is 2.49. The van der Waals surface area contributed by atoms with Crippen molar-refractivity contribution in [1.29, 1.82) is 0 Å². The van der Waals surface area contributed by atoms with Crippen LogP contribution in [0.3, 0.4) is 0 Å². The Kier molecular flexibility index (Phi) is 11.8. The lowest BCUT2D eigenvalue weighted by Crippen LogP contribution is -2.35. The molecule has 24 heteroatoms. The zero-order chi connectivity index (χ0) is 43.6. The van der Waals surface area contributed by atoms with E-state index in [1.54, 1.807) is 26.0 Å². The van der Waals surface area contributed by atoms with Crippen molar-refractivity contribution >= 4 is 84.4 Å². The summed E-state index contributed by atoms with van der Waals surface area (Å²) in [5, 5.41) is 10.7. The third-order valence-electron chi connectivity index (χ3n) is 9.98. The van der Waals surface area contributed by atoms with Gasteiger partial charge in [-0.05, 0) is 73.9 Å². The molecule has 1 atom stereocenters. The number of anilines is 1. The van der Waals surface area contributed by atoms with Crippen LogP contribution < -0.4 is 4.90 Å². The highest BCUT2D eigenvalue weighted by molar-refractivity contribution is 7.86. The molecule has 6 N–H and O–H groups in total. The summed E-state index contributed by atoms with van der Waals surface area (Å²) in [6.07, 6.45) is 3.73. The highest BCUT2D eigenvalue weighted by Crippen LogP contribution is 2.52. The second-order valence-corrected chi connectivity index (χ2v) is 22.0. The molecule has 5 rings (SSSR count). The Labute approximate surface area is 334 Å². The van der Waals surface area contributed by atoms with Gasteiger partial charge < -0.3 is 10.0 Å². The van der Waals surface area contributed by atoms with Gasteiger partial charge in [-0.2, -0.15) is 46.7 Å². The van der Waals surface area contributed by atoms with E-state index < -0.39 is 100 Å². The summed E-state index contributed by atoms with van der Waals surface area (Å²) < 4.78 is 171. The molecule has 0 bridgehead atoms. The summed E-state index contributed by atoms with van der Waals surface area (Å²) >= 11 is 0. The third-order valence-corrected chi connectivity index (χ3v) is 14.2. The maximum atomic E-state index is 12.7. The molecule has 2 heterocycles. The number of hydrogen-bond acceptors (Lipinski definition) is 12. The molecule has 2 aliphatic heterocycles. The molecule has 0 saturated heterocycles. The van der Waals surface area contributed by atoms with Crippen LogP contribution >= 0.6 is 0 Å². The number of hydrogen-bond donors (Lipinski definition) is 6. The number of allylic oxidation sites excluding steroid dienone is 4. The summed E-state index contributed by atoms with van der Waals surface area (Å²) in [6.45, 7) is 4.15. The van der Waals surface area contributed by atoms with Crippen LogP contribution in [0.1, 0.15) is 55.1 Å². The molecule has 19 nitrogen and oxygen atoms in total. The van der Waals surface area contributed by atoms with Crippen molar-refractivity contribution in [2.24, 2.45) is 0 Å². The van der Waals surface area contributed by atoms with Crippen molar-refractivity contribution < 1.29 is 79.3 Å². The molecular weight excluding hydrogens is 869 g/mol. The summed E-state index contributed by atoms with van der Waals surface area (Å²) in [5.41, 5.74) is -2.78. The number of aromatic carboxylic acids is 1. The quantitative estimate of drug-likeness (QED) is 0.0943. The van der Waals surface area contributed by atoms with Crippen molar-refractivity contribution in [1.82, 2.24) is 0 Å². The first-order valence-electron chi connectivity index (χ1n) is 17.0. The Morgan fingerprint density at radius 2 is 1.33 bits per heavy atom. The second-order valence-electron chi connectivity index (χ2n) is 14.5. The molecule has 0 radical (unpaired) electrons. The van der Waals surface area contributed by atoms with Crippen LogP contribution in [0.4, 0.5) is 11.4 Å². The van der Waals surface area contributed by atoms with Crippen LogP contribution in [-0.4, -0.2) is 117 Å². The number of carbonyl (C=O) groups is 1. The number of fused-ring (bicyclic) bond motifs is 4. The Balaban J connectivity index is 1.80. The van der Waals surface area contributed by atoms with Crippen LogP contribution in [0.25, 0.3) is 10.8 Å². The predicted molar refractivity (Wildman–Crippen MR) is 210 cm³/mol. The van der Waals surface area contributed by atoms with E-state index in [0.717, 1.165) is 24.3 Å². The van der Waals surface area contributed by atoms with Gasteiger partial charge in [0.1, 0.15) is 11.4 Å². The Hall–Kier alpha value is -4.11. The van der Waals surface area contributed by atoms with Crippen LogP contribution in [0, 0.1) is 0 Å². The average molecular weight is 908 g/mol. The highest BCUT2D eigenvalue weighted by atomic mass is 32.2. The first-order valence-corrected chi connectivity index (χ1v) is 24.7. The molecule has 2 aliphatic rings. The van der Waals surface area contributed by atoms with E-state index in [9.17, 15) is 74.8 Å². The van der Waals surface area contributed by atoms with Crippen molar-refractivity contribution in [2.75, 3.05) is 35.2 Å². The molecule has 0 aromatic heterocycles. The number of rotatable bonds is 15. The van der Waals surface area contributed by atoms with Crippen molar-refractivity contribution in [3.8, 4) is 0 Å². The van der Waals surface area contributed by atoms with Crippen molar-refractivity contribution in [3.05, 3.63) is 83.1 Å². The van der Waals surface area contributed by atoms with Crippen molar-refractivity contribution in [3.63, 3.8) is 0 Å². The van der Waals surface area contributed by atoms with Gasteiger partial charge in [0.2, 0.25) is 5.69 Å². The van der Waals surface area contributed by atoms with Gasteiger partial charge in [-0.25, -0.2) is 4.79 Å². The maximum Gasteiger partial charge on any atom is 0.336 e. The van der Waals surface area contributed by atoms with E-state index in [4.69, 9.17) is 0 Å². The van der Waals surface area contributed by atoms with Gasteiger partial charge in [0.05, 0.1) is 44.1 Å². The standard InChI is InChI=1S/C34H38N2O17S5/c1-33(2)28(36(14-6-16-55(42,43)44)27-19-23(58(51,52)53)18-25(30(27)33)32(37)38)7-4-8-29-34(3,20-56(45,46)47)31-24-17-22(57(48,49)50)11-9-21(24)10-12-26(31)35(29)13-5-15-54(39,40)41/h4,7-12,17-19H,5-6,13-16,20H2,1-3H3,(H5-,37,38,39,40,41,42,43,44,45,46,47,48,49,50,51,52,53)/p+1. The minimum absolute atomic E-state index is 0.0300. The summed E-state index contributed by atoms with van der Waals surface area (Å²) in [5.74, 6) is -4.04. The third kappa shape index (κ3) is 9.35. The molecule has 1 unspecified atom stereocenters.